The molecule has 1 saturated carbocycles. The van der Waals surface area contributed by atoms with E-state index in [9.17, 15) is 19.6 Å². The normalized spacial score (nSPS) is 30.5. The first-order valence-electron chi connectivity index (χ1n) is 11.7. The molecule has 3 heterocycles. The molecule has 2 N–H and O–H groups in total. The maximum atomic E-state index is 13.5. The molecule has 1 aromatic heterocycles. The standard InChI is InChI=1S/C25H27ClN4O4/c1-3-25(2)16-12-30(24(33)19-10-15-17(26)5-4-6-18(15)34-19)21(20(16)25)23(32)29-14(11-27)9-13-7-8-28-22(13)31/h4-6,10,13-14,16,20-21H,3,7-9,12H2,1-2H3,(H,28,31)(H,29,32)/t13-,14-,16-,20?,21-,25?/m0/s1. The fourth-order valence-corrected chi connectivity index (χ4v) is 6.18. The van der Waals surface area contributed by atoms with Crippen LogP contribution in [-0.2, 0) is 9.59 Å². The smallest absolute Gasteiger partial charge is 0.290 e. The Hall–Kier alpha value is -3.05. The molecule has 3 aliphatic rings. The molecule has 3 amide bonds. The highest BCUT2D eigenvalue weighted by Crippen LogP contribution is 2.67. The molecule has 6 atom stereocenters. The molecule has 1 aromatic carbocycles. The number of nitrogens with zero attached hydrogens (tertiary/aromatic N) is 2. The van der Waals surface area contributed by atoms with Crippen LogP contribution < -0.4 is 10.6 Å². The first kappa shape index (κ1) is 22.7. The summed E-state index contributed by atoms with van der Waals surface area (Å²) >= 11 is 6.25. The molecule has 1 aliphatic carbocycles. The summed E-state index contributed by atoms with van der Waals surface area (Å²) in [5, 5.41) is 16.4. The van der Waals surface area contributed by atoms with E-state index in [0.29, 0.717) is 35.5 Å². The second-order valence-electron chi connectivity index (χ2n) is 9.86. The summed E-state index contributed by atoms with van der Waals surface area (Å²) in [7, 11) is 0. The number of benzene rings is 1. The van der Waals surface area contributed by atoms with Crippen LogP contribution in [0.4, 0.5) is 0 Å². The van der Waals surface area contributed by atoms with E-state index in [-0.39, 0.29) is 53.1 Å². The lowest BCUT2D eigenvalue weighted by Crippen LogP contribution is -2.52. The molecule has 2 unspecified atom stereocenters. The van der Waals surface area contributed by atoms with Crippen LogP contribution in [0.1, 0.15) is 43.7 Å². The number of carbonyl (C=O) groups excluding carboxylic acids is 3. The van der Waals surface area contributed by atoms with Gasteiger partial charge in [-0.15, -0.1) is 0 Å². The molecule has 2 aromatic rings. The molecular formula is C25H27ClN4O4. The molecule has 178 valence electrons. The van der Waals surface area contributed by atoms with Crippen LogP contribution >= 0.6 is 11.6 Å². The second kappa shape index (κ2) is 8.31. The fraction of sp³-hybridized carbons (Fsp3) is 0.520. The maximum absolute atomic E-state index is 13.5. The third-order valence-electron chi connectivity index (χ3n) is 8.17. The van der Waals surface area contributed by atoms with E-state index < -0.39 is 12.1 Å². The summed E-state index contributed by atoms with van der Waals surface area (Å²) in [6.07, 6.45) is 1.81. The van der Waals surface area contributed by atoms with Gasteiger partial charge in [0, 0.05) is 24.4 Å². The first-order valence-corrected chi connectivity index (χ1v) is 12.1. The molecule has 9 heteroatoms. The molecule has 0 bridgehead atoms. The van der Waals surface area contributed by atoms with Gasteiger partial charge in [0.05, 0.1) is 11.1 Å². The van der Waals surface area contributed by atoms with Crippen molar-refractivity contribution in [2.75, 3.05) is 13.1 Å². The van der Waals surface area contributed by atoms with E-state index in [1.54, 1.807) is 29.2 Å². The summed E-state index contributed by atoms with van der Waals surface area (Å²) in [6.45, 7) is 5.28. The molecule has 0 spiro atoms. The van der Waals surface area contributed by atoms with Gasteiger partial charge in [0.2, 0.25) is 11.8 Å². The highest BCUT2D eigenvalue weighted by atomic mass is 35.5. The van der Waals surface area contributed by atoms with Crippen molar-refractivity contribution < 1.29 is 18.8 Å². The number of nitriles is 1. The Morgan fingerprint density at radius 2 is 2.24 bits per heavy atom. The van der Waals surface area contributed by atoms with E-state index in [1.165, 1.54) is 0 Å². The van der Waals surface area contributed by atoms with Gasteiger partial charge in [0.25, 0.3) is 5.91 Å². The number of rotatable bonds is 6. The van der Waals surface area contributed by atoms with Gasteiger partial charge < -0.3 is 20.0 Å². The van der Waals surface area contributed by atoms with Gasteiger partial charge in [-0.25, -0.2) is 0 Å². The lowest BCUT2D eigenvalue weighted by molar-refractivity contribution is -0.127. The number of carbonyl (C=O) groups is 3. The van der Waals surface area contributed by atoms with Crippen molar-refractivity contribution in [3.05, 3.63) is 35.0 Å². The van der Waals surface area contributed by atoms with Crippen molar-refractivity contribution >= 4 is 40.3 Å². The average Bonchev–Trinajstić information content (AvgIpc) is 3.31. The highest BCUT2D eigenvalue weighted by Gasteiger charge is 2.70. The molecule has 5 rings (SSSR count). The first-order chi connectivity index (χ1) is 16.3. The largest absolute Gasteiger partial charge is 0.451 e. The number of fused-ring (bicyclic) bond motifs is 2. The zero-order valence-electron chi connectivity index (χ0n) is 19.1. The topological polar surface area (TPSA) is 115 Å². The van der Waals surface area contributed by atoms with Crippen LogP contribution in [0.3, 0.4) is 0 Å². The van der Waals surface area contributed by atoms with Gasteiger partial charge in [0.15, 0.2) is 5.76 Å². The Bertz CT molecular complexity index is 1220. The minimum absolute atomic E-state index is 0.0172. The zero-order valence-corrected chi connectivity index (χ0v) is 19.9. The van der Waals surface area contributed by atoms with Crippen LogP contribution in [0.15, 0.2) is 28.7 Å². The van der Waals surface area contributed by atoms with Crippen molar-refractivity contribution in [1.82, 2.24) is 15.5 Å². The van der Waals surface area contributed by atoms with Crippen molar-refractivity contribution in [3.8, 4) is 6.07 Å². The molecule has 2 aliphatic heterocycles. The number of halogens is 1. The predicted molar refractivity (Wildman–Crippen MR) is 125 cm³/mol. The van der Waals surface area contributed by atoms with Crippen LogP contribution in [0.2, 0.25) is 5.02 Å². The fourth-order valence-electron chi connectivity index (χ4n) is 5.96. The lowest BCUT2D eigenvalue weighted by atomic mass is 9.94. The minimum Gasteiger partial charge on any atom is -0.451 e. The van der Waals surface area contributed by atoms with Gasteiger partial charge in [-0.05, 0) is 48.3 Å². The van der Waals surface area contributed by atoms with Crippen LogP contribution in [0.25, 0.3) is 11.0 Å². The Kier molecular flexibility index (Phi) is 5.56. The van der Waals surface area contributed by atoms with Crippen molar-refractivity contribution in [2.24, 2.45) is 23.2 Å². The summed E-state index contributed by atoms with van der Waals surface area (Å²) in [5.41, 5.74) is 0.489. The molecule has 3 fully saturated rings. The molecule has 2 saturated heterocycles. The van der Waals surface area contributed by atoms with Crippen molar-refractivity contribution in [1.29, 1.82) is 5.26 Å². The SMILES string of the molecule is CCC1(C)C2[C@@H](C(=O)N[C@H](C#N)C[C@@H]3CCNC3=O)N(C(=O)c3cc4c(Cl)cccc4o3)C[C@@H]21. The number of furan rings is 1. The van der Waals surface area contributed by atoms with E-state index in [2.05, 4.69) is 30.6 Å². The average molecular weight is 483 g/mol. The van der Waals surface area contributed by atoms with Crippen molar-refractivity contribution in [3.63, 3.8) is 0 Å². The number of likely N-dealkylation sites (tertiary alicyclic amines) is 1. The third kappa shape index (κ3) is 3.54. The van der Waals surface area contributed by atoms with Crippen LogP contribution in [-0.4, -0.2) is 47.8 Å². The molecular weight excluding hydrogens is 456 g/mol. The van der Waals surface area contributed by atoms with E-state index in [1.807, 2.05) is 0 Å². The number of piperidine rings is 1. The Balaban J connectivity index is 1.38. The van der Waals surface area contributed by atoms with E-state index in [4.69, 9.17) is 16.0 Å². The van der Waals surface area contributed by atoms with Crippen LogP contribution in [0.5, 0.6) is 0 Å². The molecule has 34 heavy (non-hydrogen) atoms. The van der Waals surface area contributed by atoms with Crippen LogP contribution in [0, 0.1) is 34.5 Å². The third-order valence-corrected chi connectivity index (χ3v) is 8.50. The maximum Gasteiger partial charge on any atom is 0.290 e. The highest BCUT2D eigenvalue weighted by molar-refractivity contribution is 6.35. The Morgan fingerprint density at radius 3 is 2.88 bits per heavy atom. The van der Waals surface area contributed by atoms with Gasteiger partial charge in [-0.2, -0.15) is 5.26 Å². The van der Waals surface area contributed by atoms with E-state index >= 15 is 0 Å². The summed E-state index contributed by atoms with van der Waals surface area (Å²) in [4.78, 5) is 40.5. The number of hydrogen-bond donors (Lipinski definition) is 2. The van der Waals surface area contributed by atoms with Gasteiger partial charge in [-0.1, -0.05) is 37.9 Å². The zero-order chi connectivity index (χ0) is 24.2. The summed E-state index contributed by atoms with van der Waals surface area (Å²) < 4.78 is 5.78. The molecule has 8 nitrogen and oxygen atoms in total. The monoisotopic (exact) mass is 482 g/mol. The number of hydrogen-bond acceptors (Lipinski definition) is 5. The summed E-state index contributed by atoms with van der Waals surface area (Å²) in [5.74, 6) is -0.716. The van der Waals surface area contributed by atoms with E-state index in [0.717, 1.165) is 6.42 Å². The van der Waals surface area contributed by atoms with Gasteiger partial charge >= 0.3 is 0 Å². The second-order valence-corrected chi connectivity index (χ2v) is 10.3. The summed E-state index contributed by atoms with van der Waals surface area (Å²) in [6, 6.07) is 7.47. The van der Waals surface area contributed by atoms with Crippen molar-refractivity contribution in [2.45, 2.75) is 45.2 Å². The van der Waals surface area contributed by atoms with Gasteiger partial charge in [0.1, 0.15) is 17.7 Å². The quantitative estimate of drug-likeness (QED) is 0.656. The number of nitrogens with one attached hydrogen (secondary N) is 2. The number of amides is 3. The Morgan fingerprint density at radius 1 is 1.44 bits per heavy atom. The predicted octanol–water partition coefficient (Wildman–Crippen LogP) is 3.11. The minimum atomic E-state index is -0.797. The molecule has 0 radical (unpaired) electrons. The lowest BCUT2D eigenvalue weighted by Gasteiger charge is -2.31. The Labute approximate surface area is 202 Å². The van der Waals surface area contributed by atoms with Gasteiger partial charge in [-0.3, -0.25) is 14.4 Å².